The molecular formula is C32H43N3O4. The molecule has 3 saturated heterocycles. The van der Waals surface area contributed by atoms with Crippen molar-refractivity contribution in [2.24, 2.45) is 11.3 Å². The Bertz CT molecular complexity index is 1140. The average Bonchev–Trinajstić information content (AvgIpc) is 3.47. The highest BCUT2D eigenvalue weighted by Crippen LogP contribution is 2.43. The summed E-state index contributed by atoms with van der Waals surface area (Å²) in [5.74, 6) is 1.76. The molecule has 1 spiro atoms. The molecule has 0 radical (unpaired) electrons. The molecule has 0 saturated carbocycles. The van der Waals surface area contributed by atoms with Crippen molar-refractivity contribution in [3.63, 3.8) is 0 Å². The van der Waals surface area contributed by atoms with Crippen molar-refractivity contribution in [2.75, 3.05) is 46.4 Å². The second-order valence-corrected chi connectivity index (χ2v) is 12.6. The minimum absolute atomic E-state index is 0.222. The number of methoxy groups -OCH3 is 1. The molecule has 210 valence electrons. The van der Waals surface area contributed by atoms with E-state index in [0.717, 1.165) is 56.8 Å². The van der Waals surface area contributed by atoms with Gasteiger partial charge in [-0.3, -0.25) is 4.79 Å². The Hall–Kier alpha value is -3.06. The molecule has 0 N–H and O–H groups in total. The molecule has 0 bridgehead atoms. The van der Waals surface area contributed by atoms with E-state index in [1.807, 2.05) is 60.9 Å². The number of nitrogens with zero attached hydrogens (tertiary/aromatic N) is 3. The summed E-state index contributed by atoms with van der Waals surface area (Å²) < 4.78 is 11.0. The molecule has 5 rings (SSSR count). The molecule has 7 heteroatoms. The van der Waals surface area contributed by atoms with Crippen LogP contribution in [0.5, 0.6) is 5.75 Å². The number of rotatable bonds is 6. The number of carbonyl (C=O) groups is 2. The van der Waals surface area contributed by atoms with Gasteiger partial charge in [-0.25, -0.2) is 4.79 Å². The van der Waals surface area contributed by atoms with Gasteiger partial charge in [0.2, 0.25) is 5.91 Å². The Kier molecular flexibility index (Phi) is 7.90. The van der Waals surface area contributed by atoms with E-state index in [9.17, 15) is 9.59 Å². The Morgan fingerprint density at radius 2 is 1.62 bits per heavy atom. The zero-order valence-corrected chi connectivity index (χ0v) is 23.9. The maximum Gasteiger partial charge on any atom is 0.410 e. The predicted molar refractivity (Wildman–Crippen MR) is 152 cm³/mol. The van der Waals surface area contributed by atoms with Crippen LogP contribution in [-0.4, -0.2) is 78.7 Å². The van der Waals surface area contributed by atoms with E-state index in [2.05, 4.69) is 29.2 Å². The lowest BCUT2D eigenvalue weighted by molar-refractivity contribution is -0.139. The number of carbonyl (C=O) groups excluding carboxylic acids is 2. The van der Waals surface area contributed by atoms with Gasteiger partial charge in [0.1, 0.15) is 11.4 Å². The zero-order chi connectivity index (χ0) is 27.6. The number of hydrogen-bond acceptors (Lipinski definition) is 5. The van der Waals surface area contributed by atoms with Crippen LogP contribution in [0.4, 0.5) is 4.79 Å². The largest absolute Gasteiger partial charge is 0.497 e. The molecule has 3 heterocycles. The van der Waals surface area contributed by atoms with Crippen molar-refractivity contribution < 1.29 is 19.1 Å². The summed E-state index contributed by atoms with van der Waals surface area (Å²) in [6, 6.07) is 18.6. The quantitative estimate of drug-likeness (QED) is 0.513. The Labute approximate surface area is 233 Å². The van der Waals surface area contributed by atoms with Gasteiger partial charge in [-0.1, -0.05) is 42.5 Å². The van der Waals surface area contributed by atoms with Gasteiger partial charge in [0.25, 0.3) is 0 Å². The molecule has 2 aromatic carbocycles. The summed E-state index contributed by atoms with van der Waals surface area (Å²) in [4.78, 5) is 32.9. The lowest BCUT2D eigenvalue weighted by Crippen LogP contribution is -2.46. The Morgan fingerprint density at radius 1 is 0.949 bits per heavy atom. The first-order valence-corrected chi connectivity index (χ1v) is 14.3. The first-order chi connectivity index (χ1) is 18.7. The molecule has 2 aromatic rings. The Balaban J connectivity index is 1.20. The van der Waals surface area contributed by atoms with Crippen molar-refractivity contribution >= 4 is 12.0 Å². The summed E-state index contributed by atoms with van der Waals surface area (Å²) in [5.41, 5.74) is 1.69. The molecule has 0 aliphatic carbocycles. The molecule has 3 fully saturated rings. The third-order valence-electron chi connectivity index (χ3n) is 8.76. The number of piperidine rings is 1. The number of amides is 2. The zero-order valence-electron chi connectivity index (χ0n) is 23.9. The van der Waals surface area contributed by atoms with Crippen molar-refractivity contribution in [3.8, 4) is 5.75 Å². The van der Waals surface area contributed by atoms with Gasteiger partial charge in [0, 0.05) is 38.6 Å². The minimum Gasteiger partial charge on any atom is -0.497 e. The summed E-state index contributed by atoms with van der Waals surface area (Å²) in [7, 11) is 1.67. The van der Waals surface area contributed by atoms with Crippen molar-refractivity contribution in [3.05, 3.63) is 65.7 Å². The van der Waals surface area contributed by atoms with Gasteiger partial charge < -0.3 is 24.2 Å². The normalized spacial score (nSPS) is 23.4. The van der Waals surface area contributed by atoms with Crippen LogP contribution in [0.25, 0.3) is 0 Å². The number of hydrogen-bond donors (Lipinski definition) is 0. The maximum atomic E-state index is 13.6. The van der Waals surface area contributed by atoms with Crippen LogP contribution in [0.1, 0.15) is 57.1 Å². The number of ether oxygens (including phenoxy) is 2. The maximum absolute atomic E-state index is 13.6. The fourth-order valence-electron chi connectivity index (χ4n) is 6.56. The van der Waals surface area contributed by atoms with Crippen LogP contribution >= 0.6 is 0 Å². The fourth-order valence-corrected chi connectivity index (χ4v) is 6.56. The van der Waals surface area contributed by atoms with E-state index in [1.165, 1.54) is 5.56 Å². The first kappa shape index (κ1) is 27.5. The number of likely N-dealkylation sites (tertiary alicyclic amines) is 3. The van der Waals surface area contributed by atoms with Crippen LogP contribution in [0.2, 0.25) is 0 Å². The van der Waals surface area contributed by atoms with E-state index in [-0.39, 0.29) is 17.4 Å². The van der Waals surface area contributed by atoms with Crippen LogP contribution in [0.3, 0.4) is 0 Å². The van der Waals surface area contributed by atoms with Gasteiger partial charge in [0.05, 0.1) is 12.5 Å². The molecule has 2 amide bonds. The summed E-state index contributed by atoms with van der Waals surface area (Å²) >= 11 is 0. The van der Waals surface area contributed by atoms with Gasteiger partial charge >= 0.3 is 6.09 Å². The highest BCUT2D eigenvalue weighted by atomic mass is 16.6. The standard InChI is InChI=1S/C32H43N3O4/c1-31(2,3)39-30(37)35-22-26(28(23-35)25-8-6-5-7-9-25)21-33-17-14-32(15-18-33)16-19-34(29(32)36)20-24-10-12-27(38-4)13-11-24/h5-13,26,28H,14-23H2,1-4H3. The number of benzene rings is 2. The van der Waals surface area contributed by atoms with E-state index < -0.39 is 5.60 Å². The van der Waals surface area contributed by atoms with Crippen molar-refractivity contribution in [2.45, 2.75) is 58.1 Å². The lowest BCUT2D eigenvalue weighted by Gasteiger charge is -2.39. The van der Waals surface area contributed by atoms with Gasteiger partial charge in [-0.2, -0.15) is 0 Å². The minimum atomic E-state index is -0.506. The van der Waals surface area contributed by atoms with Gasteiger partial charge in [-0.05, 0) is 82.3 Å². The molecular weight excluding hydrogens is 490 g/mol. The summed E-state index contributed by atoms with van der Waals surface area (Å²) in [6.45, 7) is 11.4. The lowest BCUT2D eigenvalue weighted by atomic mass is 9.76. The molecule has 2 atom stereocenters. The third-order valence-corrected chi connectivity index (χ3v) is 8.76. The second-order valence-electron chi connectivity index (χ2n) is 12.6. The SMILES string of the molecule is COc1ccc(CN2CCC3(CCN(CC4CN(C(=O)OC(C)(C)C)CC4c4ccccc4)CC3)C2=O)cc1. The molecule has 39 heavy (non-hydrogen) atoms. The van der Waals surface area contributed by atoms with Crippen LogP contribution in [-0.2, 0) is 16.1 Å². The van der Waals surface area contributed by atoms with Crippen LogP contribution < -0.4 is 4.74 Å². The van der Waals surface area contributed by atoms with E-state index in [0.29, 0.717) is 31.5 Å². The van der Waals surface area contributed by atoms with Crippen molar-refractivity contribution in [1.82, 2.24) is 14.7 Å². The smallest absolute Gasteiger partial charge is 0.410 e. The Morgan fingerprint density at radius 3 is 2.26 bits per heavy atom. The molecule has 7 nitrogen and oxygen atoms in total. The second kappa shape index (κ2) is 11.2. The fraction of sp³-hybridized carbons (Fsp3) is 0.562. The molecule has 2 unspecified atom stereocenters. The van der Waals surface area contributed by atoms with Gasteiger partial charge in [-0.15, -0.1) is 0 Å². The highest BCUT2D eigenvalue weighted by molar-refractivity contribution is 5.85. The summed E-state index contributed by atoms with van der Waals surface area (Å²) in [5, 5.41) is 0. The first-order valence-electron chi connectivity index (χ1n) is 14.3. The third kappa shape index (κ3) is 6.24. The molecule has 0 aromatic heterocycles. The molecule has 3 aliphatic rings. The topological polar surface area (TPSA) is 62.3 Å². The van der Waals surface area contributed by atoms with Crippen LogP contribution in [0, 0.1) is 11.3 Å². The van der Waals surface area contributed by atoms with E-state index in [4.69, 9.17) is 9.47 Å². The van der Waals surface area contributed by atoms with Crippen molar-refractivity contribution in [1.29, 1.82) is 0 Å². The van der Waals surface area contributed by atoms with E-state index >= 15 is 0 Å². The van der Waals surface area contributed by atoms with Gasteiger partial charge in [0.15, 0.2) is 0 Å². The molecule has 3 aliphatic heterocycles. The highest BCUT2D eigenvalue weighted by Gasteiger charge is 2.48. The van der Waals surface area contributed by atoms with E-state index in [1.54, 1.807) is 7.11 Å². The predicted octanol–water partition coefficient (Wildman–Crippen LogP) is 5.16. The summed E-state index contributed by atoms with van der Waals surface area (Å²) in [6.07, 6.45) is 2.53. The monoisotopic (exact) mass is 533 g/mol. The van der Waals surface area contributed by atoms with Crippen LogP contribution in [0.15, 0.2) is 54.6 Å². The average molecular weight is 534 g/mol.